The van der Waals surface area contributed by atoms with Crippen molar-refractivity contribution in [1.29, 1.82) is 0 Å². The number of nitrogens with one attached hydrogen (secondary N) is 1. The summed E-state index contributed by atoms with van der Waals surface area (Å²) in [6.07, 6.45) is 6.93. The Morgan fingerprint density at radius 3 is 2.80 bits per heavy atom. The third-order valence-corrected chi connectivity index (χ3v) is 3.45. The highest BCUT2D eigenvalue weighted by atomic mass is 79.9. The summed E-state index contributed by atoms with van der Waals surface area (Å²) >= 11 is 3.40. The van der Waals surface area contributed by atoms with Gasteiger partial charge >= 0.3 is 0 Å². The van der Waals surface area contributed by atoms with Crippen LogP contribution in [0.5, 0.6) is 0 Å². The summed E-state index contributed by atoms with van der Waals surface area (Å²) in [6.45, 7) is 9.44. The zero-order chi connectivity index (χ0) is 11.3. The average molecular weight is 274 g/mol. The van der Waals surface area contributed by atoms with Gasteiger partial charge in [0.15, 0.2) is 0 Å². The molecule has 1 aliphatic rings. The molecule has 1 rings (SSSR count). The molecule has 0 heterocycles. The van der Waals surface area contributed by atoms with Crippen LogP contribution in [0.1, 0.15) is 46.0 Å². The van der Waals surface area contributed by atoms with Gasteiger partial charge in [0.2, 0.25) is 0 Å². The molecule has 88 valence electrons. The van der Waals surface area contributed by atoms with E-state index in [1.54, 1.807) is 0 Å². The molecule has 2 heteroatoms. The second kappa shape index (κ2) is 6.70. The first-order valence-corrected chi connectivity index (χ1v) is 6.94. The van der Waals surface area contributed by atoms with Crippen molar-refractivity contribution in [2.75, 3.05) is 6.54 Å². The van der Waals surface area contributed by atoms with Crippen molar-refractivity contribution in [2.24, 2.45) is 11.8 Å². The fourth-order valence-electron chi connectivity index (χ4n) is 2.61. The second-order valence-electron chi connectivity index (χ2n) is 5.26. The third kappa shape index (κ3) is 5.72. The van der Waals surface area contributed by atoms with Gasteiger partial charge in [0.25, 0.3) is 0 Å². The first kappa shape index (κ1) is 13.2. The lowest BCUT2D eigenvalue weighted by Crippen LogP contribution is -2.35. The summed E-state index contributed by atoms with van der Waals surface area (Å²) in [5.74, 6) is 1.79. The molecule has 15 heavy (non-hydrogen) atoms. The minimum atomic E-state index is 0.719. The number of hydrogen-bond acceptors (Lipinski definition) is 1. The van der Waals surface area contributed by atoms with Crippen molar-refractivity contribution < 1.29 is 0 Å². The lowest BCUT2D eigenvalue weighted by molar-refractivity contribution is 0.256. The topological polar surface area (TPSA) is 12.0 Å². The number of rotatable bonds is 5. The van der Waals surface area contributed by atoms with E-state index >= 15 is 0 Å². The van der Waals surface area contributed by atoms with Gasteiger partial charge in [-0.25, -0.2) is 0 Å². The van der Waals surface area contributed by atoms with Gasteiger partial charge in [-0.05, 0) is 31.1 Å². The predicted molar refractivity (Wildman–Crippen MR) is 71.3 cm³/mol. The third-order valence-electron chi connectivity index (χ3n) is 3.17. The fraction of sp³-hybridized carbons (Fsp3) is 0.846. The van der Waals surface area contributed by atoms with E-state index in [0.717, 1.165) is 28.9 Å². The lowest BCUT2D eigenvalue weighted by Gasteiger charge is -2.30. The Labute approximate surface area is 103 Å². The van der Waals surface area contributed by atoms with Gasteiger partial charge in [-0.15, -0.1) is 0 Å². The van der Waals surface area contributed by atoms with Gasteiger partial charge in [-0.2, -0.15) is 0 Å². The van der Waals surface area contributed by atoms with Crippen LogP contribution in [0.2, 0.25) is 0 Å². The van der Waals surface area contributed by atoms with Crippen LogP contribution < -0.4 is 5.32 Å². The lowest BCUT2D eigenvalue weighted by atomic mass is 9.81. The maximum Gasteiger partial charge on any atom is 0.0268 e. The van der Waals surface area contributed by atoms with Crippen LogP contribution in [0.3, 0.4) is 0 Å². The first-order chi connectivity index (χ1) is 7.08. The monoisotopic (exact) mass is 273 g/mol. The minimum absolute atomic E-state index is 0.719. The Hall–Kier alpha value is 0.180. The molecule has 0 aromatic carbocycles. The Morgan fingerprint density at radius 1 is 1.47 bits per heavy atom. The van der Waals surface area contributed by atoms with Gasteiger partial charge in [-0.1, -0.05) is 49.2 Å². The van der Waals surface area contributed by atoms with Gasteiger partial charge in [0, 0.05) is 17.1 Å². The molecule has 0 radical (unpaired) electrons. The Balaban J connectivity index is 2.25. The molecule has 2 atom stereocenters. The maximum atomic E-state index is 3.86. The van der Waals surface area contributed by atoms with E-state index in [4.69, 9.17) is 0 Å². The molecule has 0 amide bonds. The van der Waals surface area contributed by atoms with E-state index in [9.17, 15) is 0 Å². The molecule has 1 N–H and O–H groups in total. The van der Waals surface area contributed by atoms with Crippen molar-refractivity contribution in [1.82, 2.24) is 5.32 Å². The molecule has 2 unspecified atom stereocenters. The quantitative estimate of drug-likeness (QED) is 0.796. The summed E-state index contributed by atoms with van der Waals surface area (Å²) in [4.78, 5) is 0. The van der Waals surface area contributed by atoms with E-state index in [1.807, 2.05) is 0 Å². The summed E-state index contributed by atoms with van der Waals surface area (Å²) in [7, 11) is 0. The van der Waals surface area contributed by atoms with E-state index in [2.05, 4.69) is 41.7 Å². The van der Waals surface area contributed by atoms with Crippen molar-refractivity contribution >= 4 is 15.9 Å². The van der Waals surface area contributed by atoms with Crippen LogP contribution in [0.25, 0.3) is 0 Å². The second-order valence-corrected chi connectivity index (χ2v) is 6.38. The number of halogens is 1. The molecule has 0 saturated heterocycles. The normalized spacial score (nSPS) is 26.9. The molecule has 1 nitrogen and oxygen atoms in total. The molecule has 0 bridgehead atoms. The van der Waals surface area contributed by atoms with Crippen molar-refractivity contribution in [2.45, 2.75) is 52.0 Å². The summed E-state index contributed by atoms with van der Waals surface area (Å²) in [6, 6.07) is 0.719. The van der Waals surface area contributed by atoms with Crippen LogP contribution in [-0.2, 0) is 0 Å². The highest BCUT2D eigenvalue weighted by Crippen LogP contribution is 2.29. The first-order valence-electron chi connectivity index (χ1n) is 6.14. The van der Waals surface area contributed by atoms with Gasteiger partial charge in [0.1, 0.15) is 0 Å². The summed E-state index contributed by atoms with van der Waals surface area (Å²) in [5, 5.41) is 3.58. The molecule has 1 aliphatic carbocycles. The van der Waals surface area contributed by atoms with Crippen LogP contribution in [0.4, 0.5) is 0 Å². The van der Waals surface area contributed by atoms with E-state index < -0.39 is 0 Å². The van der Waals surface area contributed by atoms with E-state index in [1.165, 1.54) is 32.1 Å². The van der Waals surface area contributed by atoms with E-state index in [0.29, 0.717) is 0 Å². The SMILES string of the molecule is C=C(Br)CNC1CCCC(CC(C)C)C1. The Kier molecular flexibility index (Phi) is 5.91. The van der Waals surface area contributed by atoms with Crippen LogP contribution in [-0.4, -0.2) is 12.6 Å². The van der Waals surface area contributed by atoms with Crippen LogP contribution in [0.15, 0.2) is 11.1 Å². The maximum absolute atomic E-state index is 3.86. The highest BCUT2D eigenvalue weighted by molar-refractivity contribution is 9.11. The van der Waals surface area contributed by atoms with E-state index in [-0.39, 0.29) is 0 Å². The molecule has 0 aromatic heterocycles. The zero-order valence-corrected chi connectivity index (χ0v) is 11.6. The zero-order valence-electron chi connectivity index (χ0n) is 10.1. The molecular formula is C13H24BrN. The molecule has 0 spiro atoms. The Morgan fingerprint density at radius 2 is 2.20 bits per heavy atom. The molecular weight excluding hydrogens is 250 g/mol. The largest absolute Gasteiger partial charge is 0.309 e. The van der Waals surface area contributed by atoms with Gasteiger partial charge in [0.05, 0.1) is 0 Å². The van der Waals surface area contributed by atoms with Gasteiger partial charge in [-0.3, -0.25) is 0 Å². The molecule has 1 fully saturated rings. The van der Waals surface area contributed by atoms with Crippen molar-refractivity contribution in [3.8, 4) is 0 Å². The van der Waals surface area contributed by atoms with Crippen molar-refractivity contribution in [3.63, 3.8) is 0 Å². The minimum Gasteiger partial charge on any atom is -0.309 e. The van der Waals surface area contributed by atoms with Crippen LogP contribution in [0, 0.1) is 11.8 Å². The highest BCUT2D eigenvalue weighted by Gasteiger charge is 2.21. The Bertz CT molecular complexity index is 201. The fourth-order valence-corrected chi connectivity index (χ4v) is 2.77. The number of hydrogen-bond donors (Lipinski definition) is 1. The average Bonchev–Trinajstić information content (AvgIpc) is 2.14. The summed E-state index contributed by atoms with van der Waals surface area (Å²) < 4.78 is 1.06. The standard InChI is InChI=1S/C13H24BrN/c1-10(2)7-12-5-4-6-13(8-12)15-9-11(3)14/h10,12-13,15H,3-9H2,1-2H3. The molecule has 1 saturated carbocycles. The summed E-state index contributed by atoms with van der Waals surface area (Å²) in [5.41, 5.74) is 0. The predicted octanol–water partition coefficient (Wildman–Crippen LogP) is 4.09. The smallest absolute Gasteiger partial charge is 0.0268 e. The van der Waals surface area contributed by atoms with Gasteiger partial charge < -0.3 is 5.32 Å². The molecule has 0 aromatic rings. The van der Waals surface area contributed by atoms with Crippen molar-refractivity contribution in [3.05, 3.63) is 11.1 Å². The molecule has 0 aliphatic heterocycles. The van der Waals surface area contributed by atoms with Crippen LogP contribution >= 0.6 is 15.9 Å².